The fourth-order valence-corrected chi connectivity index (χ4v) is 3.46. The van der Waals surface area contributed by atoms with Gasteiger partial charge in [0.1, 0.15) is 0 Å². The summed E-state index contributed by atoms with van der Waals surface area (Å²) >= 11 is 1.88. The summed E-state index contributed by atoms with van der Waals surface area (Å²) in [7, 11) is 0. The molecule has 0 spiro atoms. The molecular formula is C12H20O2S. The SMILES string of the molecule is CCCCC(O)CSC1CC2C=CC1O2. The van der Waals surface area contributed by atoms with Gasteiger partial charge in [0.25, 0.3) is 0 Å². The molecule has 0 amide bonds. The van der Waals surface area contributed by atoms with Gasteiger partial charge in [0.2, 0.25) is 0 Å². The third-order valence-electron chi connectivity index (χ3n) is 3.07. The molecule has 4 unspecified atom stereocenters. The lowest BCUT2D eigenvalue weighted by atomic mass is 10.1. The molecule has 3 heteroatoms. The van der Waals surface area contributed by atoms with Crippen LogP contribution in [0.2, 0.25) is 0 Å². The monoisotopic (exact) mass is 228 g/mol. The minimum Gasteiger partial charge on any atom is -0.392 e. The van der Waals surface area contributed by atoms with Crippen molar-refractivity contribution < 1.29 is 9.84 Å². The molecule has 0 saturated carbocycles. The summed E-state index contributed by atoms with van der Waals surface area (Å²) in [6.07, 6.45) is 9.26. The molecule has 2 heterocycles. The zero-order valence-electron chi connectivity index (χ0n) is 9.26. The van der Waals surface area contributed by atoms with Gasteiger partial charge in [-0.15, -0.1) is 0 Å². The highest BCUT2D eigenvalue weighted by Crippen LogP contribution is 2.36. The highest BCUT2D eigenvalue weighted by atomic mass is 32.2. The van der Waals surface area contributed by atoms with Crippen molar-refractivity contribution in [3.05, 3.63) is 12.2 Å². The number of hydrogen-bond donors (Lipinski definition) is 1. The zero-order valence-corrected chi connectivity index (χ0v) is 10.1. The molecule has 0 radical (unpaired) electrons. The Hall–Kier alpha value is 0.01000. The van der Waals surface area contributed by atoms with Crippen LogP contribution in [0.15, 0.2) is 12.2 Å². The van der Waals surface area contributed by atoms with Crippen molar-refractivity contribution in [3.63, 3.8) is 0 Å². The quantitative estimate of drug-likeness (QED) is 0.708. The van der Waals surface area contributed by atoms with Crippen LogP contribution in [0.25, 0.3) is 0 Å². The average Bonchev–Trinajstić information content (AvgIpc) is 2.84. The number of fused-ring (bicyclic) bond motifs is 2. The number of unbranched alkanes of at least 4 members (excludes halogenated alkanes) is 1. The van der Waals surface area contributed by atoms with Crippen LogP contribution < -0.4 is 0 Å². The fourth-order valence-electron chi connectivity index (χ4n) is 2.16. The Labute approximate surface area is 96.1 Å². The summed E-state index contributed by atoms with van der Waals surface area (Å²) in [5, 5.41) is 10.3. The van der Waals surface area contributed by atoms with Crippen LogP contribution in [0.4, 0.5) is 0 Å². The first-order valence-corrected chi connectivity index (χ1v) is 6.98. The van der Waals surface area contributed by atoms with Crippen LogP contribution in [0.1, 0.15) is 32.6 Å². The molecule has 0 aromatic rings. The highest BCUT2D eigenvalue weighted by molar-refractivity contribution is 8.00. The maximum absolute atomic E-state index is 9.73. The Balaban J connectivity index is 1.64. The predicted molar refractivity (Wildman–Crippen MR) is 64.2 cm³/mol. The van der Waals surface area contributed by atoms with Crippen LogP contribution in [-0.4, -0.2) is 34.4 Å². The van der Waals surface area contributed by atoms with E-state index in [-0.39, 0.29) is 6.10 Å². The molecule has 86 valence electrons. The first-order chi connectivity index (χ1) is 7.29. The normalized spacial score (nSPS) is 34.9. The van der Waals surface area contributed by atoms with Gasteiger partial charge in [0, 0.05) is 11.0 Å². The number of thioether (sulfide) groups is 1. The van der Waals surface area contributed by atoms with E-state index in [4.69, 9.17) is 4.74 Å². The van der Waals surface area contributed by atoms with Gasteiger partial charge in [-0.05, 0) is 12.8 Å². The second-order valence-corrected chi connectivity index (χ2v) is 5.70. The second-order valence-electron chi connectivity index (χ2n) is 4.43. The van der Waals surface area contributed by atoms with Crippen molar-refractivity contribution in [1.29, 1.82) is 0 Å². The first kappa shape index (κ1) is 11.5. The van der Waals surface area contributed by atoms with E-state index in [0.29, 0.717) is 17.5 Å². The molecular weight excluding hydrogens is 208 g/mol. The van der Waals surface area contributed by atoms with Crippen LogP contribution in [0.5, 0.6) is 0 Å². The van der Waals surface area contributed by atoms with Crippen molar-refractivity contribution in [2.45, 2.75) is 56.2 Å². The third kappa shape index (κ3) is 2.99. The van der Waals surface area contributed by atoms with Crippen molar-refractivity contribution in [2.24, 2.45) is 0 Å². The summed E-state index contributed by atoms with van der Waals surface area (Å²) in [5.41, 5.74) is 0. The molecule has 15 heavy (non-hydrogen) atoms. The van der Waals surface area contributed by atoms with Crippen molar-refractivity contribution in [3.8, 4) is 0 Å². The largest absolute Gasteiger partial charge is 0.392 e. The summed E-state index contributed by atoms with van der Waals surface area (Å²) in [6.45, 7) is 2.16. The summed E-state index contributed by atoms with van der Waals surface area (Å²) < 4.78 is 5.68. The molecule has 0 aromatic heterocycles. The number of aliphatic hydroxyl groups excluding tert-OH is 1. The molecule has 1 fully saturated rings. The molecule has 1 saturated heterocycles. The van der Waals surface area contributed by atoms with Gasteiger partial charge >= 0.3 is 0 Å². The summed E-state index contributed by atoms with van der Waals surface area (Å²) in [5.74, 6) is 0.866. The molecule has 4 atom stereocenters. The van der Waals surface area contributed by atoms with Gasteiger partial charge in [-0.2, -0.15) is 11.8 Å². The summed E-state index contributed by atoms with van der Waals surface area (Å²) in [6, 6.07) is 0. The number of ether oxygens (including phenoxy) is 1. The molecule has 1 N–H and O–H groups in total. The number of rotatable bonds is 6. The minimum atomic E-state index is -0.127. The maximum atomic E-state index is 9.73. The Bertz CT molecular complexity index is 230. The van der Waals surface area contributed by atoms with E-state index >= 15 is 0 Å². The fraction of sp³-hybridized carbons (Fsp3) is 0.833. The van der Waals surface area contributed by atoms with Gasteiger partial charge in [-0.3, -0.25) is 0 Å². The molecule has 2 bridgehead atoms. The maximum Gasteiger partial charge on any atom is 0.0884 e. The number of aliphatic hydroxyl groups is 1. The smallest absolute Gasteiger partial charge is 0.0884 e. The zero-order chi connectivity index (χ0) is 10.7. The van der Waals surface area contributed by atoms with Gasteiger partial charge in [0.15, 0.2) is 0 Å². The highest BCUT2D eigenvalue weighted by Gasteiger charge is 2.36. The van der Waals surface area contributed by atoms with Crippen LogP contribution in [0, 0.1) is 0 Å². The first-order valence-electron chi connectivity index (χ1n) is 5.93. The van der Waals surface area contributed by atoms with Crippen LogP contribution >= 0.6 is 11.8 Å². The van der Waals surface area contributed by atoms with E-state index in [1.807, 2.05) is 11.8 Å². The number of hydrogen-bond acceptors (Lipinski definition) is 3. The van der Waals surface area contributed by atoms with Gasteiger partial charge < -0.3 is 9.84 Å². The van der Waals surface area contributed by atoms with E-state index in [1.54, 1.807) is 0 Å². The van der Waals surface area contributed by atoms with Crippen molar-refractivity contribution >= 4 is 11.8 Å². The molecule has 2 rings (SSSR count). The van der Waals surface area contributed by atoms with E-state index < -0.39 is 0 Å². The molecule has 0 aromatic carbocycles. The Morgan fingerprint density at radius 3 is 3.00 bits per heavy atom. The van der Waals surface area contributed by atoms with E-state index in [0.717, 1.165) is 25.0 Å². The van der Waals surface area contributed by atoms with E-state index in [9.17, 15) is 5.11 Å². The lowest BCUT2D eigenvalue weighted by Gasteiger charge is -2.17. The van der Waals surface area contributed by atoms with E-state index in [2.05, 4.69) is 19.1 Å². The predicted octanol–water partition coefficient (Wildman–Crippen LogP) is 2.37. The molecule has 0 aliphatic carbocycles. The molecule has 2 aliphatic heterocycles. The Morgan fingerprint density at radius 2 is 2.40 bits per heavy atom. The summed E-state index contributed by atoms with van der Waals surface area (Å²) in [4.78, 5) is 0. The topological polar surface area (TPSA) is 29.5 Å². The lowest BCUT2D eigenvalue weighted by molar-refractivity contribution is 0.121. The van der Waals surface area contributed by atoms with Crippen LogP contribution in [0.3, 0.4) is 0 Å². The van der Waals surface area contributed by atoms with Crippen LogP contribution in [-0.2, 0) is 4.74 Å². The third-order valence-corrected chi connectivity index (χ3v) is 4.54. The molecule has 2 nitrogen and oxygen atoms in total. The van der Waals surface area contributed by atoms with E-state index in [1.165, 1.54) is 6.42 Å². The minimum absolute atomic E-state index is 0.127. The van der Waals surface area contributed by atoms with Gasteiger partial charge in [-0.25, -0.2) is 0 Å². The Morgan fingerprint density at radius 1 is 1.53 bits per heavy atom. The molecule has 2 aliphatic rings. The van der Waals surface area contributed by atoms with Gasteiger partial charge in [-0.1, -0.05) is 31.9 Å². The van der Waals surface area contributed by atoms with Crippen molar-refractivity contribution in [2.75, 3.05) is 5.75 Å². The lowest BCUT2D eigenvalue weighted by Crippen LogP contribution is -2.19. The average molecular weight is 228 g/mol. The standard InChI is InChI=1S/C12H20O2S/c1-2-3-4-9(13)8-15-12-7-10-5-6-11(12)14-10/h5-6,9-13H,2-4,7-8H2,1H3. The van der Waals surface area contributed by atoms with Gasteiger partial charge in [0.05, 0.1) is 18.3 Å². The second kappa shape index (κ2) is 5.37. The van der Waals surface area contributed by atoms with Crippen molar-refractivity contribution in [1.82, 2.24) is 0 Å². The Kier molecular flexibility index (Phi) is 4.12.